The van der Waals surface area contributed by atoms with Crippen molar-refractivity contribution in [3.05, 3.63) is 35.4 Å². The van der Waals surface area contributed by atoms with Crippen molar-refractivity contribution in [2.24, 2.45) is 5.16 Å². The van der Waals surface area contributed by atoms with Gasteiger partial charge in [0.15, 0.2) is 0 Å². The lowest BCUT2D eigenvalue weighted by molar-refractivity contribution is -0.131. The van der Waals surface area contributed by atoms with E-state index in [4.69, 9.17) is 9.57 Å². The first-order valence-corrected chi connectivity index (χ1v) is 9.08. The van der Waals surface area contributed by atoms with Crippen molar-refractivity contribution in [1.82, 2.24) is 10.6 Å². The molecule has 0 aromatic heterocycles. The number of rotatable bonds is 7. The minimum absolute atomic E-state index is 0.0926. The van der Waals surface area contributed by atoms with Crippen LogP contribution < -0.4 is 10.6 Å². The molecule has 3 rings (SSSR count). The lowest BCUT2D eigenvalue weighted by Crippen LogP contribution is -2.38. The van der Waals surface area contributed by atoms with Gasteiger partial charge in [0.05, 0.1) is 11.8 Å². The number of nitrogens with one attached hydrogen (secondary N) is 2. The molecule has 7 heteroatoms. The van der Waals surface area contributed by atoms with E-state index in [-0.39, 0.29) is 30.9 Å². The topological polar surface area (TPSA) is 89.0 Å². The highest BCUT2D eigenvalue weighted by atomic mass is 16.6. The number of carbonyl (C=O) groups excluding carboxylic acids is 2. The molecule has 2 atom stereocenters. The number of hydrogen-bond acceptors (Lipinski definition) is 5. The molecular formula is C19H25N3O4. The standard InChI is InChI=1S/C19H25N3O4/c1-13-5-2-3-7-15(13)16-11-17(26-22-16)19(24)20-9-8-18(23)21-12-14-6-4-10-25-14/h2-3,5,7,14,17H,4,6,8-12H2,1H3,(H,20,24)(H,21,23)/t14-,17+/m1/s1. The van der Waals surface area contributed by atoms with Gasteiger partial charge in [-0.2, -0.15) is 0 Å². The molecule has 2 N–H and O–H groups in total. The molecule has 0 radical (unpaired) electrons. The van der Waals surface area contributed by atoms with Gasteiger partial charge in [-0.15, -0.1) is 0 Å². The van der Waals surface area contributed by atoms with Gasteiger partial charge >= 0.3 is 0 Å². The fourth-order valence-corrected chi connectivity index (χ4v) is 3.11. The van der Waals surface area contributed by atoms with Crippen LogP contribution >= 0.6 is 0 Å². The van der Waals surface area contributed by atoms with E-state index in [1.54, 1.807) is 0 Å². The van der Waals surface area contributed by atoms with E-state index >= 15 is 0 Å². The SMILES string of the molecule is Cc1ccccc1C1=NO[C@H](C(=O)NCCC(=O)NC[C@H]2CCCO2)C1. The summed E-state index contributed by atoms with van der Waals surface area (Å²) < 4.78 is 5.45. The summed E-state index contributed by atoms with van der Waals surface area (Å²) in [6.07, 6.45) is 2.18. The van der Waals surface area contributed by atoms with Crippen molar-refractivity contribution in [1.29, 1.82) is 0 Å². The molecule has 2 aliphatic heterocycles. The van der Waals surface area contributed by atoms with Crippen LogP contribution in [0.2, 0.25) is 0 Å². The summed E-state index contributed by atoms with van der Waals surface area (Å²) >= 11 is 0. The third-order valence-electron chi connectivity index (χ3n) is 4.62. The third-order valence-corrected chi connectivity index (χ3v) is 4.62. The van der Waals surface area contributed by atoms with Crippen LogP contribution in [-0.2, 0) is 19.2 Å². The van der Waals surface area contributed by atoms with Gasteiger partial charge in [-0.1, -0.05) is 29.4 Å². The predicted octanol–water partition coefficient (Wildman–Crippen LogP) is 1.29. The Kier molecular flexibility index (Phi) is 6.22. The summed E-state index contributed by atoms with van der Waals surface area (Å²) in [5.41, 5.74) is 2.87. The highest BCUT2D eigenvalue weighted by Gasteiger charge is 2.29. The van der Waals surface area contributed by atoms with E-state index in [0.29, 0.717) is 13.0 Å². The summed E-state index contributed by atoms with van der Waals surface area (Å²) in [7, 11) is 0. The Morgan fingerprint density at radius 2 is 2.12 bits per heavy atom. The number of amides is 2. The van der Waals surface area contributed by atoms with Crippen LogP contribution in [0.3, 0.4) is 0 Å². The first-order chi connectivity index (χ1) is 12.6. The summed E-state index contributed by atoms with van der Waals surface area (Å²) in [4.78, 5) is 29.3. The molecule has 1 fully saturated rings. The minimum Gasteiger partial charge on any atom is -0.382 e. The van der Waals surface area contributed by atoms with Crippen molar-refractivity contribution < 1.29 is 19.2 Å². The molecular weight excluding hydrogens is 334 g/mol. The maximum absolute atomic E-state index is 12.2. The van der Waals surface area contributed by atoms with Gasteiger partial charge in [-0.3, -0.25) is 9.59 Å². The second kappa shape index (κ2) is 8.80. The number of carbonyl (C=O) groups is 2. The van der Waals surface area contributed by atoms with Crippen LogP contribution in [0.1, 0.15) is 36.8 Å². The molecule has 0 saturated carbocycles. The van der Waals surface area contributed by atoms with Crippen molar-refractivity contribution in [3.8, 4) is 0 Å². The van der Waals surface area contributed by atoms with Gasteiger partial charge in [0, 0.05) is 38.1 Å². The molecule has 0 unspecified atom stereocenters. The molecule has 7 nitrogen and oxygen atoms in total. The summed E-state index contributed by atoms with van der Waals surface area (Å²) in [6, 6.07) is 7.87. The molecule has 1 aromatic rings. The molecule has 1 aromatic carbocycles. The number of aryl methyl sites for hydroxylation is 1. The predicted molar refractivity (Wildman–Crippen MR) is 96.8 cm³/mol. The minimum atomic E-state index is -0.639. The first kappa shape index (κ1) is 18.4. The Morgan fingerprint density at radius 3 is 2.88 bits per heavy atom. The first-order valence-electron chi connectivity index (χ1n) is 9.08. The molecule has 26 heavy (non-hydrogen) atoms. The largest absolute Gasteiger partial charge is 0.382 e. The zero-order valence-corrected chi connectivity index (χ0v) is 15.0. The van der Waals surface area contributed by atoms with Crippen molar-refractivity contribution in [2.75, 3.05) is 19.7 Å². The zero-order valence-electron chi connectivity index (χ0n) is 15.0. The number of oxime groups is 1. The van der Waals surface area contributed by atoms with Gasteiger partial charge < -0.3 is 20.2 Å². The molecule has 0 aliphatic carbocycles. The molecule has 2 heterocycles. The smallest absolute Gasteiger partial charge is 0.264 e. The number of hydrogen-bond donors (Lipinski definition) is 2. The van der Waals surface area contributed by atoms with Crippen molar-refractivity contribution >= 4 is 17.5 Å². The second-order valence-corrected chi connectivity index (χ2v) is 6.63. The molecule has 140 valence electrons. The Balaban J connectivity index is 1.35. The van der Waals surface area contributed by atoms with Gasteiger partial charge in [-0.25, -0.2) is 0 Å². The van der Waals surface area contributed by atoms with Crippen LogP contribution in [-0.4, -0.2) is 49.4 Å². The molecule has 1 saturated heterocycles. The fourth-order valence-electron chi connectivity index (χ4n) is 3.11. The Bertz CT molecular complexity index is 683. The lowest BCUT2D eigenvalue weighted by atomic mass is 10.0. The highest BCUT2D eigenvalue weighted by molar-refractivity contribution is 6.05. The molecule has 2 aliphatic rings. The van der Waals surface area contributed by atoms with Gasteiger partial charge in [-0.05, 0) is 25.3 Å². The van der Waals surface area contributed by atoms with E-state index < -0.39 is 6.10 Å². The average Bonchev–Trinajstić information content (AvgIpc) is 3.32. The summed E-state index contributed by atoms with van der Waals surface area (Å²) in [6.45, 7) is 3.58. The number of benzene rings is 1. The van der Waals surface area contributed by atoms with Crippen LogP contribution in [0.15, 0.2) is 29.4 Å². The van der Waals surface area contributed by atoms with Crippen LogP contribution in [0.4, 0.5) is 0 Å². The van der Waals surface area contributed by atoms with E-state index in [9.17, 15) is 9.59 Å². The van der Waals surface area contributed by atoms with Gasteiger partial charge in [0.25, 0.3) is 5.91 Å². The monoisotopic (exact) mass is 359 g/mol. The summed E-state index contributed by atoms with van der Waals surface area (Å²) in [5.74, 6) is -0.339. The van der Waals surface area contributed by atoms with Crippen molar-refractivity contribution in [3.63, 3.8) is 0 Å². The third kappa shape index (κ3) is 4.82. The lowest BCUT2D eigenvalue weighted by Gasteiger charge is -2.12. The van der Waals surface area contributed by atoms with Gasteiger partial charge in [0.1, 0.15) is 0 Å². The quantitative estimate of drug-likeness (QED) is 0.768. The zero-order chi connectivity index (χ0) is 18.4. The molecule has 0 spiro atoms. The van der Waals surface area contributed by atoms with Gasteiger partial charge in [0.2, 0.25) is 12.0 Å². The Hall–Kier alpha value is -2.41. The maximum Gasteiger partial charge on any atom is 0.264 e. The van der Waals surface area contributed by atoms with Crippen molar-refractivity contribution in [2.45, 2.75) is 44.8 Å². The van der Waals surface area contributed by atoms with E-state index in [1.807, 2.05) is 31.2 Å². The molecule has 0 bridgehead atoms. The van der Waals surface area contributed by atoms with Crippen LogP contribution in [0.5, 0.6) is 0 Å². The maximum atomic E-state index is 12.2. The number of nitrogens with zero attached hydrogens (tertiary/aromatic N) is 1. The summed E-state index contributed by atoms with van der Waals surface area (Å²) in [5, 5.41) is 9.62. The van der Waals surface area contributed by atoms with Crippen LogP contribution in [0.25, 0.3) is 0 Å². The Labute approximate surface area is 153 Å². The van der Waals surface area contributed by atoms with E-state index in [0.717, 1.165) is 36.3 Å². The fraction of sp³-hybridized carbons (Fsp3) is 0.526. The van der Waals surface area contributed by atoms with E-state index in [2.05, 4.69) is 15.8 Å². The number of ether oxygens (including phenoxy) is 1. The normalized spacial score (nSPS) is 21.8. The van der Waals surface area contributed by atoms with E-state index in [1.165, 1.54) is 0 Å². The molecule has 2 amide bonds. The average molecular weight is 359 g/mol. The van der Waals surface area contributed by atoms with Crippen LogP contribution in [0, 0.1) is 6.92 Å². The highest BCUT2D eigenvalue weighted by Crippen LogP contribution is 2.19. The Morgan fingerprint density at radius 1 is 1.27 bits per heavy atom. The second-order valence-electron chi connectivity index (χ2n) is 6.63.